The number of hydrogen-bond donors (Lipinski definition) is 0. The van der Waals surface area contributed by atoms with E-state index in [0.717, 1.165) is 6.07 Å². The Morgan fingerprint density at radius 1 is 0.903 bits per heavy atom. The first kappa shape index (κ1) is 20.7. The molecule has 0 amide bonds. The third-order valence-corrected chi connectivity index (χ3v) is 4.66. The molecular formula is C21H12F6N2O2. The second-order valence-electron chi connectivity index (χ2n) is 6.72. The number of nitrogens with zero attached hydrogens (tertiary/aromatic N) is 2. The predicted molar refractivity (Wildman–Crippen MR) is 98.4 cm³/mol. The molecule has 0 aliphatic carbocycles. The first-order chi connectivity index (χ1) is 14.6. The molecule has 0 saturated carbocycles. The van der Waals surface area contributed by atoms with Crippen molar-refractivity contribution in [3.05, 3.63) is 77.0 Å². The summed E-state index contributed by atoms with van der Waals surface area (Å²) < 4.78 is 85.6. The summed E-state index contributed by atoms with van der Waals surface area (Å²) in [5, 5.41) is 4.98. The molecule has 0 radical (unpaired) electrons. The van der Waals surface area contributed by atoms with E-state index in [-0.39, 0.29) is 23.6 Å². The van der Waals surface area contributed by atoms with Crippen LogP contribution in [0.15, 0.2) is 59.0 Å². The van der Waals surface area contributed by atoms with E-state index < -0.39 is 23.5 Å². The fourth-order valence-electron chi connectivity index (χ4n) is 3.32. The van der Waals surface area contributed by atoms with Gasteiger partial charge in [-0.3, -0.25) is 9.48 Å². The number of furan rings is 1. The predicted octanol–water partition coefficient (Wildman–Crippen LogP) is 6.19. The molecular weight excluding hydrogens is 426 g/mol. The molecule has 2 aromatic heterocycles. The number of fused-ring (bicyclic) bond motifs is 1. The lowest BCUT2D eigenvalue weighted by molar-refractivity contribution is -0.162. The number of alkyl halides is 6. The SMILES string of the molecule is O=Cc1ccc(-c2nn(Cc3ccc(C(F)(F)F)c(C(F)(F)F)c3)c3ccccc23)o1. The Hall–Kier alpha value is -3.56. The maximum atomic E-state index is 13.2. The number of aromatic nitrogens is 2. The van der Waals surface area contributed by atoms with Crippen LogP contribution in [0.3, 0.4) is 0 Å². The lowest BCUT2D eigenvalue weighted by Crippen LogP contribution is -2.17. The maximum Gasteiger partial charge on any atom is 0.417 e. The third kappa shape index (κ3) is 3.92. The summed E-state index contributed by atoms with van der Waals surface area (Å²) in [7, 11) is 0. The van der Waals surface area contributed by atoms with Gasteiger partial charge in [0.25, 0.3) is 0 Å². The third-order valence-electron chi connectivity index (χ3n) is 4.66. The van der Waals surface area contributed by atoms with Gasteiger partial charge in [-0.25, -0.2) is 0 Å². The number of hydrogen-bond acceptors (Lipinski definition) is 3. The summed E-state index contributed by atoms with van der Waals surface area (Å²) in [6.07, 6.45) is -9.79. The van der Waals surface area contributed by atoms with Crippen LogP contribution in [0.25, 0.3) is 22.4 Å². The number of halogens is 6. The number of carbonyl (C=O) groups is 1. The van der Waals surface area contributed by atoms with Crippen LogP contribution >= 0.6 is 0 Å². The standard InChI is InChI=1S/C21H12F6N2O2/c22-20(23,24)15-7-5-12(9-16(15)21(25,26)27)10-29-17-4-2-1-3-14(17)19(28-29)18-8-6-13(11-30)31-18/h1-9,11H,10H2. The van der Waals surface area contributed by atoms with E-state index in [2.05, 4.69) is 5.10 Å². The Balaban J connectivity index is 1.80. The van der Waals surface area contributed by atoms with E-state index >= 15 is 0 Å². The van der Waals surface area contributed by atoms with Crippen LogP contribution < -0.4 is 0 Å². The van der Waals surface area contributed by atoms with Crippen molar-refractivity contribution in [2.75, 3.05) is 0 Å². The number of benzene rings is 2. The molecule has 4 rings (SSSR count). The van der Waals surface area contributed by atoms with Gasteiger partial charge < -0.3 is 4.42 Å². The zero-order valence-electron chi connectivity index (χ0n) is 15.5. The highest BCUT2D eigenvalue weighted by Crippen LogP contribution is 2.41. The molecule has 0 saturated heterocycles. The Labute approximate surface area is 170 Å². The highest BCUT2D eigenvalue weighted by atomic mass is 19.4. The van der Waals surface area contributed by atoms with Crippen LogP contribution in [-0.2, 0) is 18.9 Å². The molecule has 2 aromatic carbocycles. The van der Waals surface area contributed by atoms with E-state index in [1.807, 2.05) is 0 Å². The molecule has 160 valence electrons. The van der Waals surface area contributed by atoms with Crippen molar-refractivity contribution in [1.29, 1.82) is 0 Å². The van der Waals surface area contributed by atoms with Crippen LogP contribution in [0.5, 0.6) is 0 Å². The quantitative estimate of drug-likeness (QED) is 0.282. The van der Waals surface area contributed by atoms with Gasteiger partial charge in [-0.05, 0) is 35.9 Å². The van der Waals surface area contributed by atoms with E-state index in [4.69, 9.17) is 4.42 Å². The zero-order chi connectivity index (χ0) is 22.4. The Bertz CT molecular complexity index is 1270. The van der Waals surface area contributed by atoms with Crippen LogP contribution in [0.4, 0.5) is 26.3 Å². The monoisotopic (exact) mass is 438 g/mol. The second kappa shape index (κ2) is 7.29. The largest absolute Gasteiger partial charge is 0.452 e. The smallest absolute Gasteiger partial charge is 0.417 e. The van der Waals surface area contributed by atoms with Crippen molar-refractivity contribution in [3.63, 3.8) is 0 Å². The first-order valence-corrected chi connectivity index (χ1v) is 8.86. The summed E-state index contributed by atoms with van der Waals surface area (Å²) in [5.41, 5.74) is -2.61. The number of aldehydes is 1. The van der Waals surface area contributed by atoms with Crippen molar-refractivity contribution in [2.24, 2.45) is 0 Å². The molecule has 4 nitrogen and oxygen atoms in total. The summed E-state index contributed by atoms with van der Waals surface area (Å²) >= 11 is 0. The first-order valence-electron chi connectivity index (χ1n) is 8.86. The molecule has 2 heterocycles. The van der Waals surface area contributed by atoms with Gasteiger partial charge in [-0.1, -0.05) is 24.3 Å². The average Bonchev–Trinajstić information content (AvgIpc) is 3.31. The molecule has 0 bridgehead atoms. The Morgan fingerprint density at radius 3 is 2.26 bits per heavy atom. The van der Waals surface area contributed by atoms with Gasteiger partial charge in [-0.2, -0.15) is 31.4 Å². The Morgan fingerprint density at radius 2 is 1.61 bits per heavy atom. The van der Waals surface area contributed by atoms with E-state index in [1.165, 1.54) is 16.8 Å². The molecule has 0 spiro atoms. The second-order valence-corrected chi connectivity index (χ2v) is 6.72. The van der Waals surface area contributed by atoms with Crippen molar-refractivity contribution in [3.8, 4) is 11.5 Å². The van der Waals surface area contributed by atoms with E-state index in [1.54, 1.807) is 24.3 Å². The molecule has 0 atom stereocenters. The lowest BCUT2D eigenvalue weighted by Gasteiger charge is -2.16. The number of para-hydroxylation sites is 1. The van der Waals surface area contributed by atoms with Crippen molar-refractivity contribution in [2.45, 2.75) is 18.9 Å². The highest BCUT2D eigenvalue weighted by Gasteiger charge is 2.43. The lowest BCUT2D eigenvalue weighted by atomic mass is 10.0. The highest BCUT2D eigenvalue weighted by molar-refractivity contribution is 5.92. The molecule has 0 fully saturated rings. The summed E-state index contributed by atoms with van der Waals surface area (Å²) in [6, 6.07) is 11.7. The zero-order valence-corrected chi connectivity index (χ0v) is 15.5. The number of carbonyl (C=O) groups excluding carboxylic acids is 1. The fourth-order valence-corrected chi connectivity index (χ4v) is 3.32. The molecule has 0 unspecified atom stereocenters. The van der Waals surface area contributed by atoms with Crippen molar-refractivity contribution in [1.82, 2.24) is 9.78 Å². The molecule has 0 aliphatic heterocycles. The minimum absolute atomic E-state index is 0.00634. The molecule has 4 aromatic rings. The molecule has 31 heavy (non-hydrogen) atoms. The average molecular weight is 438 g/mol. The summed E-state index contributed by atoms with van der Waals surface area (Å²) in [5.74, 6) is 0.353. The van der Waals surface area contributed by atoms with Gasteiger partial charge in [0.2, 0.25) is 0 Å². The molecule has 10 heteroatoms. The van der Waals surface area contributed by atoms with Crippen LogP contribution in [0.1, 0.15) is 27.2 Å². The van der Waals surface area contributed by atoms with E-state index in [9.17, 15) is 31.1 Å². The fraction of sp³-hybridized carbons (Fsp3) is 0.143. The molecule has 0 N–H and O–H groups in total. The summed E-state index contributed by atoms with van der Waals surface area (Å²) in [6.45, 7) is -0.205. The van der Waals surface area contributed by atoms with Gasteiger partial charge in [0, 0.05) is 5.39 Å². The van der Waals surface area contributed by atoms with Gasteiger partial charge in [0.05, 0.1) is 23.2 Å². The van der Waals surface area contributed by atoms with Gasteiger partial charge in [-0.15, -0.1) is 0 Å². The van der Waals surface area contributed by atoms with Crippen LogP contribution in [0.2, 0.25) is 0 Å². The van der Waals surface area contributed by atoms with Gasteiger partial charge >= 0.3 is 12.4 Å². The normalized spacial score (nSPS) is 12.5. The maximum absolute atomic E-state index is 13.2. The molecule has 0 aliphatic rings. The van der Waals surface area contributed by atoms with Crippen molar-refractivity contribution >= 4 is 17.2 Å². The van der Waals surface area contributed by atoms with Crippen molar-refractivity contribution < 1.29 is 35.6 Å². The van der Waals surface area contributed by atoms with Crippen LogP contribution in [-0.4, -0.2) is 16.1 Å². The Kier molecular flexibility index (Phi) is 4.87. The van der Waals surface area contributed by atoms with E-state index in [0.29, 0.717) is 35.0 Å². The number of rotatable bonds is 4. The topological polar surface area (TPSA) is 48.0 Å². The van der Waals surface area contributed by atoms with Crippen LogP contribution in [0, 0.1) is 0 Å². The minimum atomic E-state index is -5.17. The van der Waals surface area contributed by atoms with Gasteiger partial charge in [0.1, 0.15) is 5.69 Å². The minimum Gasteiger partial charge on any atom is -0.452 e. The van der Waals surface area contributed by atoms with Gasteiger partial charge in [0.15, 0.2) is 17.8 Å². The summed E-state index contributed by atoms with van der Waals surface area (Å²) in [4.78, 5) is 10.9.